The summed E-state index contributed by atoms with van der Waals surface area (Å²) in [6, 6.07) is 17.1. The zero-order chi connectivity index (χ0) is 24.5. The van der Waals surface area contributed by atoms with Gasteiger partial charge in [-0.05, 0) is 79.6 Å². The molecule has 0 unspecified atom stereocenters. The highest BCUT2D eigenvalue weighted by Crippen LogP contribution is 2.28. The lowest BCUT2D eigenvalue weighted by Gasteiger charge is -2.36. The van der Waals surface area contributed by atoms with Gasteiger partial charge in [0.2, 0.25) is 10.0 Å². The Morgan fingerprint density at radius 3 is 2.12 bits per heavy atom. The number of rotatable bonds is 5. The fraction of sp³-hybridized carbons (Fsp3) is 0.240. The molecule has 3 aromatic rings. The third-order valence-electron chi connectivity index (χ3n) is 5.94. The molecule has 34 heavy (non-hydrogen) atoms. The predicted octanol–water partition coefficient (Wildman–Crippen LogP) is 5.37. The average molecular weight is 518 g/mol. The smallest absolute Gasteiger partial charge is 0.255 e. The van der Waals surface area contributed by atoms with Gasteiger partial charge in [-0.1, -0.05) is 29.3 Å². The van der Waals surface area contributed by atoms with Crippen LogP contribution < -0.4 is 10.2 Å². The molecule has 0 aliphatic carbocycles. The van der Waals surface area contributed by atoms with E-state index in [0.717, 1.165) is 11.3 Å². The van der Waals surface area contributed by atoms with Gasteiger partial charge in [0.15, 0.2) is 0 Å². The molecular formula is C25H25Cl2N3O3S. The number of nitrogens with one attached hydrogen (secondary N) is 1. The van der Waals surface area contributed by atoms with Gasteiger partial charge in [0.05, 0.1) is 4.90 Å². The van der Waals surface area contributed by atoms with Crippen LogP contribution in [0.1, 0.15) is 21.5 Å². The molecule has 0 radical (unpaired) electrons. The Morgan fingerprint density at radius 2 is 1.47 bits per heavy atom. The number of hydrogen-bond donors (Lipinski definition) is 1. The molecule has 3 aromatic carbocycles. The van der Waals surface area contributed by atoms with Crippen molar-refractivity contribution in [2.45, 2.75) is 18.7 Å². The SMILES string of the molecule is Cc1cc(S(=O)(=O)N2CCN(c3cc(Cl)ccc3C)CC2)ccc1NC(=O)c1ccc(Cl)cc1. The van der Waals surface area contributed by atoms with Crippen molar-refractivity contribution < 1.29 is 13.2 Å². The zero-order valence-corrected chi connectivity index (χ0v) is 21.2. The second-order valence-corrected chi connectivity index (χ2v) is 11.1. The van der Waals surface area contributed by atoms with E-state index in [1.807, 2.05) is 25.1 Å². The van der Waals surface area contributed by atoms with Crippen LogP contribution in [0.15, 0.2) is 65.6 Å². The molecule has 6 nitrogen and oxygen atoms in total. The van der Waals surface area contributed by atoms with Gasteiger partial charge in [0.1, 0.15) is 0 Å². The Hall–Kier alpha value is -2.58. The first-order valence-electron chi connectivity index (χ1n) is 10.8. The molecule has 178 valence electrons. The molecule has 1 aliphatic heterocycles. The minimum absolute atomic E-state index is 0.210. The molecule has 0 spiro atoms. The molecule has 1 amide bonds. The van der Waals surface area contributed by atoms with Crippen molar-refractivity contribution in [3.8, 4) is 0 Å². The second kappa shape index (κ2) is 9.96. The number of amides is 1. The van der Waals surface area contributed by atoms with E-state index in [4.69, 9.17) is 23.2 Å². The van der Waals surface area contributed by atoms with Crippen molar-refractivity contribution in [2.75, 3.05) is 36.4 Å². The number of aryl methyl sites for hydroxylation is 2. The molecule has 0 aromatic heterocycles. The van der Waals surface area contributed by atoms with Gasteiger partial charge in [-0.3, -0.25) is 4.79 Å². The van der Waals surface area contributed by atoms with E-state index < -0.39 is 10.0 Å². The molecule has 0 bridgehead atoms. The summed E-state index contributed by atoms with van der Waals surface area (Å²) in [5.74, 6) is -0.289. The van der Waals surface area contributed by atoms with Crippen LogP contribution >= 0.6 is 23.2 Å². The summed E-state index contributed by atoms with van der Waals surface area (Å²) in [4.78, 5) is 14.9. The number of halogens is 2. The first kappa shape index (κ1) is 24.5. The summed E-state index contributed by atoms with van der Waals surface area (Å²) >= 11 is 12.0. The minimum Gasteiger partial charge on any atom is -0.369 e. The summed E-state index contributed by atoms with van der Waals surface area (Å²) in [6.45, 7) is 5.70. The molecule has 4 rings (SSSR count). The third kappa shape index (κ3) is 5.23. The molecule has 1 aliphatic rings. The number of carbonyl (C=O) groups excluding carboxylic acids is 1. The summed E-state index contributed by atoms with van der Waals surface area (Å²) in [5.41, 5.74) is 3.82. The third-order valence-corrected chi connectivity index (χ3v) is 8.32. The Morgan fingerprint density at radius 1 is 0.824 bits per heavy atom. The predicted molar refractivity (Wildman–Crippen MR) is 138 cm³/mol. The maximum absolute atomic E-state index is 13.3. The van der Waals surface area contributed by atoms with Crippen molar-refractivity contribution in [2.24, 2.45) is 0 Å². The van der Waals surface area contributed by atoms with Gasteiger partial charge < -0.3 is 10.2 Å². The highest BCUT2D eigenvalue weighted by atomic mass is 35.5. The number of anilines is 2. The van der Waals surface area contributed by atoms with E-state index in [2.05, 4.69) is 10.2 Å². The molecule has 1 N–H and O–H groups in total. The average Bonchev–Trinajstić information content (AvgIpc) is 2.82. The van der Waals surface area contributed by atoms with Crippen LogP contribution in [-0.4, -0.2) is 44.8 Å². The summed E-state index contributed by atoms with van der Waals surface area (Å²) < 4.78 is 28.1. The molecule has 1 saturated heterocycles. The van der Waals surface area contributed by atoms with Crippen molar-refractivity contribution >= 4 is 50.5 Å². The fourth-order valence-corrected chi connectivity index (χ4v) is 5.77. The van der Waals surface area contributed by atoms with E-state index in [1.165, 1.54) is 10.4 Å². The Balaban J connectivity index is 1.45. The van der Waals surface area contributed by atoms with E-state index in [-0.39, 0.29) is 10.8 Å². The normalized spacial score (nSPS) is 14.8. The fourth-order valence-electron chi connectivity index (χ4n) is 3.97. The number of carbonyl (C=O) groups is 1. The molecule has 1 heterocycles. The van der Waals surface area contributed by atoms with Crippen LogP contribution in [0.3, 0.4) is 0 Å². The second-order valence-electron chi connectivity index (χ2n) is 8.26. The van der Waals surface area contributed by atoms with Crippen LogP contribution in [0, 0.1) is 13.8 Å². The topological polar surface area (TPSA) is 69.7 Å². The summed E-state index contributed by atoms with van der Waals surface area (Å²) in [7, 11) is -3.66. The van der Waals surface area contributed by atoms with Gasteiger partial charge in [-0.15, -0.1) is 0 Å². The Kier molecular flexibility index (Phi) is 7.19. The standard InChI is InChI=1S/C25H25Cl2N3O3S/c1-17-3-6-21(27)16-24(17)29-11-13-30(14-12-29)34(32,33)22-9-10-23(18(2)15-22)28-25(31)19-4-7-20(26)8-5-19/h3-10,15-16H,11-14H2,1-2H3,(H,28,31). The van der Waals surface area contributed by atoms with Crippen molar-refractivity contribution in [1.29, 1.82) is 0 Å². The molecular weight excluding hydrogens is 493 g/mol. The highest BCUT2D eigenvalue weighted by Gasteiger charge is 2.29. The van der Waals surface area contributed by atoms with Gasteiger partial charge in [-0.25, -0.2) is 8.42 Å². The molecule has 0 atom stereocenters. The lowest BCUT2D eigenvalue weighted by Crippen LogP contribution is -2.48. The zero-order valence-electron chi connectivity index (χ0n) is 18.9. The van der Waals surface area contributed by atoms with Gasteiger partial charge in [0, 0.05) is 53.2 Å². The first-order valence-corrected chi connectivity index (χ1v) is 13.0. The monoisotopic (exact) mass is 517 g/mol. The maximum atomic E-state index is 13.3. The van der Waals surface area contributed by atoms with Crippen molar-refractivity contribution in [3.05, 3.63) is 87.4 Å². The van der Waals surface area contributed by atoms with Crippen LogP contribution in [0.2, 0.25) is 10.0 Å². The quantitative estimate of drug-likeness (QED) is 0.493. The van der Waals surface area contributed by atoms with Crippen molar-refractivity contribution in [3.63, 3.8) is 0 Å². The summed E-state index contributed by atoms with van der Waals surface area (Å²) in [5, 5.41) is 4.04. The van der Waals surface area contributed by atoms with E-state index >= 15 is 0 Å². The number of hydrogen-bond acceptors (Lipinski definition) is 4. The number of piperazine rings is 1. The van der Waals surface area contributed by atoms with Crippen LogP contribution in [0.25, 0.3) is 0 Å². The molecule has 0 saturated carbocycles. The van der Waals surface area contributed by atoms with E-state index in [0.29, 0.717) is 53.0 Å². The maximum Gasteiger partial charge on any atom is 0.255 e. The van der Waals surface area contributed by atoms with Crippen LogP contribution in [-0.2, 0) is 10.0 Å². The van der Waals surface area contributed by atoms with E-state index in [1.54, 1.807) is 43.3 Å². The minimum atomic E-state index is -3.66. The van der Waals surface area contributed by atoms with Crippen molar-refractivity contribution in [1.82, 2.24) is 4.31 Å². The number of nitrogens with zero attached hydrogens (tertiary/aromatic N) is 2. The van der Waals surface area contributed by atoms with Gasteiger partial charge >= 0.3 is 0 Å². The summed E-state index contributed by atoms with van der Waals surface area (Å²) in [6.07, 6.45) is 0. The lowest BCUT2D eigenvalue weighted by molar-refractivity contribution is 0.102. The van der Waals surface area contributed by atoms with E-state index in [9.17, 15) is 13.2 Å². The number of benzene rings is 3. The Bertz CT molecular complexity index is 1320. The van der Waals surface area contributed by atoms with Gasteiger partial charge in [-0.2, -0.15) is 4.31 Å². The largest absolute Gasteiger partial charge is 0.369 e. The first-order chi connectivity index (χ1) is 16.1. The number of sulfonamides is 1. The Labute approximate surface area is 210 Å². The molecule has 9 heteroatoms. The van der Waals surface area contributed by atoms with Gasteiger partial charge in [0.25, 0.3) is 5.91 Å². The lowest BCUT2D eigenvalue weighted by atomic mass is 10.1. The highest BCUT2D eigenvalue weighted by molar-refractivity contribution is 7.89. The van der Waals surface area contributed by atoms with Crippen LogP contribution in [0.4, 0.5) is 11.4 Å². The van der Waals surface area contributed by atoms with Crippen LogP contribution in [0.5, 0.6) is 0 Å². The molecule has 1 fully saturated rings.